The van der Waals surface area contributed by atoms with Crippen molar-refractivity contribution in [1.82, 2.24) is 10.2 Å². The standard InChI is InChI=1S/C31H38ClN3O4S/c1-7-24(5)33-31(37)25(6)34(19-26-10-8-9-11-28(26)32)30(36)20-35(29-18-22(3)12-15-23(29)4)40(38,39)27-16-13-21(2)14-17-27/h8-18,24-25H,7,19-20H2,1-6H3,(H,33,37)/t24-,25-/m1/s1. The maximum absolute atomic E-state index is 14.1. The fourth-order valence-electron chi connectivity index (χ4n) is 4.20. The summed E-state index contributed by atoms with van der Waals surface area (Å²) in [5.74, 6) is -0.849. The smallest absolute Gasteiger partial charge is 0.264 e. The van der Waals surface area contributed by atoms with Crippen molar-refractivity contribution >= 4 is 39.1 Å². The molecule has 0 unspecified atom stereocenters. The van der Waals surface area contributed by atoms with E-state index in [1.165, 1.54) is 17.0 Å². The summed E-state index contributed by atoms with van der Waals surface area (Å²) in [5.41, 5.74) is 3.53. The molecule has 0 aliphatic carbocycles. The van der Waals surface area contributed by atoms with E-state index in [2.05, 4.69) is 5.32 Å². The van der Waals surface area contributed by atoms with Crippen LogP contribution >= 0.6 is 11.6 Å². The molecule has 0 aliphatic heterocycles. The summed E-state index contributed by atoms with van der Waals surface area (Å²) >= 11 is 6.42. The van der Waals surface area contributed by atoms with E-state index in [0.717, 1.165) is 21.9 Å². The zero-order valence-corrected chi connectivity index (χ0v) is 25.5. The fourth-order valence-corrected chi connectivity index (χ4v) is 5.86. The number of hydrogen-bond acceptors (Lipinski definition) is 4. The number of carbonyl (C=O) groups is 2. The van der Waals surface area contributed by atoms with E-state index in [1.807, 2.05) is 39.8 Å². The molecule has 3 rings (SSSR count). The highest BCUT2D eigenvalue weighted by atomic mass is 35.5. The van der Waals surface area contributed by atoms with Gasteiger partial charge in [0.05, 0.1) is 10.6 Å². The molecular formula is C31H38ClN3O4S. The van der Waals surface area contributed by atoms with Crippen molar-refractivity contribution in [2.45, 2.75) is 71.5 Å². The summed E-state index contributed by atoms with van der Waals surface area (Å²) in [6.07, 6.45) is 0.728. The number of amides is 2. The summed E-state index contributed by atoms with van der Waals surface area (Å²) in [6, 6.07) is 18.1. The lowest BCUT2D eigenvalue weighted by Crippen LogP contribution is -2.52. The Hall–Kier alpha value is -3.36. The molecule has 1 N–H and O–H groups in total. The summed E-state index contributed by atoms with van der Waals surface area (Å²) < 4.78 is 29.2. The minimum absolute atomic E-state index is 0.0405. The maximum atomic E-state index is 14.1. The molecule has 2 atom stereocenters. The molecule has 214 valence electrons. The number of benzene rings is 3. The Morgan fingerprint density at radius 3 is 2.17 bits per heavy atom. The van der Waals surface area contributed by atoms with Gasteiger partial charge in [-0.1, -0.05) is 66.6 Å². The van der Waals surface area contributed by atoms with Gasteiger partial charge in [0.1, 0.15) is 12.6 Å². The summed E-state index contributed by atoms with van der Waals surface area (Å²) in [6.45, 7) is 10.6. The van der Waals surface area contributed by atoms with Crippen LogP contribution in [0.1, 0.15) is 49.4 Å². The number of nitrogens with zero attached hydrogens (tertiary/aromatic N) is 2. The van der Waals surface area contributed by atoms with E-state index in [4.69, 9.17) is 11.6 Å². The molecule has 3 aromatic rings. The maximum Gasteiger partial charge on any atom is 0.264 e. The quantitative estimate of drug-likeness (QED) is 0.309. The fraction of sp³-hybridized carbons (Fsp3) is 0.355. The number of hydrogen-bond donors (Lipinski definition) is 1. The first-order valence-corrected chi connectivity index (χ1v) is 15.2. The highest BCUT2D eigenvalue weighted by molar-refractivity contribution is 7.92. The van der Waals surface area contributed by atoms with Gasteiger partial charge in [-0.15, -0.1) is 0 Å². The van der Waals surface area contributed by atoms with E-state index in [1.54, 1.807) is 56.3 Å². The van der Waals surface area contributed by atoms with E-state index >= 15 is 0 Å². The number of rotatable bonds is 11. The van der Waals surface area contributed by atoms with Gasteiger partial charge in [-0.2, -0.15) is 0 Å². The number of sulfonamides is 1. The van der Waals surface area contributed by atoms with Crippen molar-refractivity contribution in [1.29, 1.82) is 0 Å². The molecular weight excluding hydrogens is 546 g/mol. The Morgan fingerprint density at radius 1 is 0.925 bits per heavy atom. The van der Waals surface area contributed by atoms with Crippen molar-refractivity contribution in [3.8, 4) is 0 Å². The molecule has 3 aromatic carbocycles. The second-order valence-corrected chi connectivity index (χ2v) is 12.5. The second kappa shape index (κ2) is 13.3. The molecule has 7 nitrogen and oxygen atoms in total. The molecule has 0 fully saturated rings. The van der Waals surface area contributed by atoms with Crippen LogP contribution in [-0.2, 0) is 26.2 Å². The largest absolute Gasteiger partial charge is 0.352 e. The van der Waals surface area contributed by atoms with Crippen LogP contribution in [0.5, 0.6) is 0 Å². The third-order valence-electron chi connectivity index (χ3n) is 6.99. The summed E-state index contributed by atoms with van der Waals surface area (Å²) in [5, 5.41) is 3.38. The number of halogens is 1. The van der Waals surface area contributed by atoms with Gasteiger partial charge in [0.15, 0.2) is 0 Å². The average molecular weight is 584 g/mol. The lowest BCUT2D eigenvalue weighted by molar-refractivity contribution is -0.139. The molecule has 40 heavy (non-hydrogen) atoms. The lowest BCUT2D eigenvalue weighted by Gasteiger charge is -2.33. The van der Waals surface area contributed by atoms with Crippen molar-refractivity contribution in [3.63, 3.8) is 0 Å². The molecule has 0 spiro atoms. The Kier molecular flexibility index (Phi) is 10.4. The minimum atomic E-state index is -4.13. The van der Waals surface area contributed by atoms with Gasteiger partial charge in [-0.05, 0) is 82.0 Å². The molecule has 0 saturated heterocycles. The third kappa shape index (κ3) is 7.43. The number of aryl methyl sites for hydroxylation is 3. The van der Waals surface area contributed by atoms with Gasteiger partial charge in [-0.25, -0.2) is 8.42 Å². The van der Waals surface area contributed by atoms with Crippen molar-refractivity contribution in [2.75, 3.05) is 10.8 Å². The van der Waals surface area contributed by atoms with Gasteiger partial charge in [0.2, 0.25) is 11.8 Å². The highest BCUT2D eigenvalue weighted by Gasteiger charge is 2.33. The molecule has 0 aliphatic rings. The topological polar surface area (TPSA) is 86.8 Å². The Balaban J connectivity index is 2.08. The van der Waals surface area contributed by atoms with Gasteiger partial charge in [-0.3, -0.25) is 13.9 Å². The monoisotopic (exact) mass is 583 g/mol. The highest BCUT2D eigenvalue weighted by Crippen LogP contribution is 2.29. The molecule has 0 radical (unpaired) electrons. The molecule has 2 amide bonds. The normalized spacial score (nSPS) is 12.9. The van der Waals surface area contributed by atoms with Gasteiger partial charge in [0, 0.05) is 17.6 Å². The minimum Gasteiger partial charge on any atom is -0.352 e. The predicted molar refractivity (Wildman–Crippen MR) is 161 cm³/mol. The Morgan fingerprint density at radius 2 is 1.55 bits per heavy atom. The predicted octanol–water partition coefficient (Wildman–Crippen LogP) is 5.79. The Bertz CT molecular complexity index is 1460. The van der Waals surface area contributed by atoms with E-state index < -0.39 is 28.5 Å². The van der Waals surface area contributed by atoms with E-state index in [9.17, 15) is 18.0 Å². The van der Waals surface area contributed by atoms with E-state index in [0.29, 0.717) is 21.8 Å². The lowest BCUT2D eigenvalue weighted by atomic mass is 10.1. The molecule has 0 bridgehead atoms. The zero-order valence-electron chi connectivity index (χ0n) is 23.9. The third-order valence-corrected chi connectivity index (χ3v) is 9.13. The van der Waals surface area contributed by atoms with Gasteiger partial charge < -0.3 is 10.2 Å². The van der Waals surface area contributed by atoms with Crippen LogP contribution in [-0.4, -0.2) is 43.8 Å². The second-order valence-electron chi connectivity index (χ2n) is 10.2. The molecule has 0 saturated carbocycles. The SMILES string of the molecule is CC[C@@H](C)NC(=O)[C@@H](C)N(Cc1ccccc1Cl)C(=O)CN(c1cc(C)ccc1C)S(=O)(=O)c1ccc(C)cc1. The first kappa shape index (κ1) is 31.2. The molecule has 9 heteroatoms. The van der Waals surface area contributed by atoms with Gasteiger partial charge in [0.25, 0.3) is 10.0 Å². The number of carbonyl (C=O) groups excluding carboxylic acids is 2. The summed E-state index contributed by atoms with van der Waals surface area (Å²) in [7, 11) is -4.13. The zero-order chi connectivity index (χ0) is 29.6. The summed E-state index contributed by atoms with van der Waals surface area (Å²) in [4.78, 5) is 28.7. The van der Waals surface area contributed by atoms with Crippen molar-refractivity contribution in [2.24, 2.45) is 0 Å². The van der Waals surface area contributed by atoms with Crippen LogP contribution in [0.15, 0.2) is 71.6 Å². The van der Waals surface area contributed by atoms with Crippen LogP contribution in [0.2, 0.25) is 5.02 Å². The van der Waals surface area contributed by atoms with Crippen LogP contribution in [0.25, 0.3) is 0 Å². The first-order valence-electron chi connectivity index (χ1n) is 13.3. The van der Waals surface area contributed by atoms with Crippen LogP contribution < -0.4 is 9.62 Å². The molecule has 0 aromatic heterocycles. The number of nitrogens with one attached hydrogen (secondary N) is 1. The molecule has 0 heterocycles. The van der Waals surface area contributed by atoms with Crippen LogP contribution in [0.3, 0.4) is 0 Å². The number of anilines is 1. The van der Waals surface area contributed by atoms with Crippen LogP contribution in [0.4, 0.5) is 5.69 Å². The van der Waals surface area contributed by atoms with Crippen LogP contribution in [0, 0.1) is 20.8 Å². The van der Waals surface area contributed by atoms with Crippen molar-refractivity contribution in [3.05, 3.63) is 94.0 Å². The van der Waals surface area contributed by atoms with Gasteiger partial charge >= 0.3 is 0 Å². The van der Waals surface area contributed by atoms with E-state index in [-0.39, 0.29) is 23.4 Å². The first-order chi connectivity index (χ1) is 18.8. The van der Waals surface area contributed by atoms with Crippen molar-refractivity contribution < 1.29 is 18.0 Å². The average Bonchev–Trinajstić information content (AvgIpc) is 2.92. The Labute approximate surface area is 243 Å².